The number of nitrogens with zero attached hydrogens (tertiary/aromatic N) is 2. The summed E-state index contributed by atoms with van der Waals surface area (Å²) in [6, 6.07) is 9.08. The maximum absolute atomic E-state index is 12.6. The molecule has 5 rings (SSSR count). The van der Waals surface area contributed by atoms with Crippen LogP contribution < -0.4 is 10.5 Å². The molecule has 2 aromatic rings. The van der Waals surface area contributed by atoms with Crippen LogP contribution in [-0.4, -0.2) is 28.8 Å². The van der Waals surface area contributed by atoms with Crippen molar-refractivity contribution >= 4 is 11.6 Å². The van der Waals surface area contributed by atoms with Gasteiger partial charge >= 0.3 is 0 Å². The van der Waals surface area contributed by atoms with Crippen LogP contribution in [0.15, 0.2) is 35.1 Å². The zero-order valence-electron chi connectivity index (χ0n) is 11.0. The van der Waals surface area contributed by atoms with Crippen molar-refractivity contribution in [1.82, 2.24) is 9.78 Å². The Morgan fingerprint density at radius 3 is 2.55 bits per heavy atom. The van der Waals surface area contributed by atoms with Gasteiger partial charge in [-0.3, -0.25) is 14.7 Å². The number of aromatic nitrogens is 2. The van der Waals surface area contributed by atoms with Crippen molar-refractivity contribution in [2.24, 2.45) is 0 Å². The second kappa shape index (κ2) is 4.10. The average molecular weight is 269 g/mol. The van der Waals surface area contributed by atoms with E-state index in [-0.39, 0.29) is 11.5 Å². The van der Waals surface area contributed by atoms with E-state index >= 15 is 0 Å². The number of nitrogens with one attached hydrogen (secondary N) is 1. The minimum Gasteiger partial charge on any atom is -0.365 e. The molecule has 0 aliphatic carbocycles. The zero-order valence-corrected chi connectivity index (χ0v) is 11.0. The highest BCUT2D eigenvalue weighted by molar-refractivity contribution is 5.96. The van der Waals surface area contributed by atoms with Crippen LogP contribution in [-0.2, 0) is 0 Å². The Bertz CT molecular complexity index is 721. The van der Waals surface area contributed by atoms with Gasteiger partial charge in [0.05, 0.1) is 5.69 Å². The van der Waals surface area contributed by atoms with Gasteiger partial charge in [0.15, 0.2) is 0 Å². The monoisotopic (exact) mass is 269 g/mol. The number of carbonyl (C=O) groups excluding carboxylic acids is 1. The molecule has 3 aliphatic rings. The topological polar surface area (TPSA) is 58.1 Å². The second-order valence-corrected chi connectivity index (χ2v) is 5.44. The third kappa shape index (κ3) is 1.49. The first kappa shape index (κ1) is 11.5. The Balaban J connectivity index is 1.87. The highest BCUT2D eigenvalue weighted by Gasteiger charge is 2.37. The fourth-order valence-corrected chi connectivity index (χ4v) is 3.37. The maximum atomic E-state index is 12.6. The molecule has 1 aromatic carbocycles. The highest BCUT2D eigenvalue weighted by atomic mass is 16.2. The Kier molecular flexibility index (Phi) is 2.36. The summed E-state index contributed by atoms with van der Waals surface area (Å²) in [6.45, 7) is 1.84. The number of aromatic amines is 1. The largest absolute Gasteiger partial charge is 0.365 e. The van der Waals surface area contributed by atoms with Crippen molar-refractivity contribution in [2.75, 3.05) is 18.0 Å². The van der Waals surface area contributed by atoms with Gasteiger partial charge in [-0.05, 0) is 25.0 Å². The first-order chi connectivity index (χ1) is 9.75. The summed E-state index contributed by atoms with van der Waals surface area (Å²) < 4.78 is 1.46. The average Bonchev–Trinajstić information content (AvgIpc) is 2.89. The van der Waals surface area contributed by atoms with Crippen LogP contribution in [0.3, 0.4) is 0 Å². The van der Waals surface area contributed by atoms with Crippen LogP contribution in [0.5, 0.6) is 0 Å². The van der Waals surface area contributed by atoms with E-state index in [2.05, 4.69) is 10.00 Å². The number of piperidine rings is 1. The molecule has 102 valence electrons. The normalized spacial score (nSPS) is 17.3. The predicted octanol–water partition coefficient (Wildman–Crippen LogP) is 1.56. The van der Waals surface area contributed by atoms with Gasteiger partial charge in [-0.1, -0.05) is 18.2 Å². The SMILES string of the molecule is O=C(c1ccccc1)n1[nH]c(=O)c2c1C1CCN2CC1. The van der Waals surface area contributed by atoms with Gasteiger partial charge in [0.2, 0.25) is 0 Å². The van der Waals surface area contributed by atoms with Gasteiger partial charge in [-0.2, -0.15) is 0 Å². The molecule has 0 atom stereocenters. The number of hydrogen-bond donors (Lipinski definition) is 1. The smallest absolute Gasteiger partial charge is 0.288 e. The van der Waals surface area contributed by atoms with Crippen molar-refractivity contribution in [3.8, 4) is 0 Å². The quantitative estimate of drug-likeness (QED) is 0.854. The van der Waals surface area contributed by atoms with Gasteiger partial charge < -0.3 is 4.90 Å². The maximum Gasteiger partial charge on any atom is 0.288 e. The van der Waals surface area contributed by atoms with Crippen molar-refractivity contribution in [3.05, 3.63) is 51.9 Å². The molecule has 0 spiro atoms. The van der Waals surface area contributed by atoms with Crippen LogP contribution in [0.2, 0.25) is 0 Å². The summed E-state index contributed by atoms with van der Waals surface area (Å²) in [5, 5.41) is 2.72. The van der Waals surface area contributed by atoms with Gasteiger partial charge in [0.25, 0.3) is 11.5 Å². The summed E-state index contributed by atoms with van der Waals surface area (Å²) in [7, 11) is 0. The molecule has 5 heteroatoms. The van der Waals surface area contributed by atoms with Gasteiger partial charge in [0, 0.05) is 24.6 Å². The van der Waals surface area contributed by atoms with Crippen LogP contribution in [0.25, 0.3) is 0 Å². The van der Waals surface area contributed by atoms with Crippen molar-refractivity contribution in [1.29, 1.82) is 0 Å². The Morgan fingerprint density at radius 2 is 1.85 bits per heavy atom. The van der Waals surface area contributed by atoms with Crippen LogP contribution in [0.1, 0.15) is 34.8 Å². The molecule has 0 radical (unpaired) electrons. The Labute approximate surface area is 115 Å². The number of anilines is 1. The molecule has 5 nitrogen and oxygen atoms in total. The first-order valence-corrected chi connectivity index (χ1v) is 6.95. The molecule has 1 aromatic heterocycles. The molecular formula is C15H15N3O2. The fourth-order valence-electron chi connectivity index (χ4n) is 3.37. The lowest BCUT2D eigenvalue weighted by Gasteiger charge is -2.39. The van der Waals surface area contributed by atoms with Crippen molar-refractivity contribution < 1.29 is 4.79 Å². The fraction of sp³-hybridized carbons (Fsp3) is 0.333. The summed E-state index contributed by atoms with van der Waals surface area (Å²) in [4.78, 5) is 26.8. The summed E-state index contributed by atoms with van der Waals surface area (Å²) in [6.07, 6.45) is 2.04. The Morgan fingerprint density at radius 1 is 1.15 bits per heavy atom. The van der Waals surface area contributed by atoms with Gasteiger partial charge in [0.1, 0.15) is 5.69 Å². The van der Waals surface area contributed by atoms with Crippen LogP contribution in [0, 0.1) is 0 Å². The number of benzene rings is 1. The molecule has 0 saturated carbocycles. The molecule has 0 amide bonds. The summed E-state index contributed by atoms with van der Waals surface area (Å²) in [5.74, 6) is 0.166. The molecule has 0 unspecified atom stereocenters. The molecule has 20 heavy (non-hydrogen) atoms. The summed E-state index contributed by atoms with van der Waals surface area (Å²) >= 11 is 0. The van der Waals surface area contributed by atoms with E-state index in [0.29, 0.717) is 17.2 Å². The molecular weight excluding hydrogens is 254 g/mol. The van der Waals surface area contributed by atoms with Crippen LogP contribution >= 0.6 is 0 Å². The lowest BCUT2D eigenvalue weighted by molar-refractivity contribution is 0.0938. The summed E-state index contributed by atoms with van der Waals surface area (Å²) in [5.41, 5.74) is 2.03. The molecule has 2 bridgehead atoms. The number of carbonyl (C=O) groups is 1. The second-order valence-electron chi connectivity index (χ2n) is 5.44. The molecule has 4 heterocycles. The molecule has 1 saturated heterocycles. The van der Waals surface area contributed by atoms with E-state index < -0.39 is 0 Å². The zero-order chi connectivity index (χ0) is 13.7. The first-order valence-electron chi connectivity index (χ1n) is 6.95. The van der Waals surface area contributed by atoms with E-state index in [4.69, 9.17) is 0 Å². The van der Waals surface area contributed by atoms with Crippen molar-refractivity contribution in [3.63, 3.8) is 0 Å². The molecule has 1 N–H and O–H groups in total. The minimum atomic E-state index is -0.155. The van der Waals surface area contributed by atoms with E-state index in [0.717, 1.165) is 31.6 Å². The van der Waals surface area contributed by atoms with E-state index in [9.17, 15) is 9.59 Å². The predicted molar refractivity (Wildman–Crippen MR) is 75.4 cm³/mol. The van der Waals surface area contributed by atoms with Gasteiger partial charge in [-0.15, -0.1) is 0 Å². The third-order valence-corrected chi connectivity index (χ3v) is 4.33. The number of rotatable bonds is 1. The number of fused-ring (bicyclic) bond motifs is 2. The van der Waals surface area contributed by atoms with Gasteiger partial charge in [-0.25, -0.2) is 4.68 Å². The van der Waals surface area contributed by atoms with Crippen LogP contribution in [0.4, 0.5) is 5.69 Å². The molecule has 1 fully saturated rings. The van der Waals surface area contributed by atoms with E-state index in [1.165, 1.54) is 4.68 Å². The third-order valence-electron chi connectivity index (χ3n) is 4.33. The highest BCUT2D eigenvalue weighted by Crippen LogP contribution is 2.40. The Hall–Kier alpha value is -2.30. The van der Waals surface area contributed by atoms with E-state index in [1.807, 2.05) is 18.2 Å². The number of H-pyrrole nitrogens is 1. The lowest BCUT2D eigenvalue weighted by atomic mass is 9.87. The standard InChI is InChI=1S/C15H15N3O2/c19-14-13-12(10-6-8-17(13)9-7-10)18(16-14)15(20)11-4-2-1-3-5-11/h1-5,10H,6-9H2,(H,16,19). The molecule has 3 aliphatic heterocycles. The van der Waals surface area contributed by atoms with Crippen molar-refractivity contribution in [2.45, 2.75) is 18.8 Å². The van der Waals surface area contributed by atoms with E-state index in [1.54, 1.807) is 12.1 Å². The minimum absolute atomic E-state index is 0.145. The number of hydrogen-bond acceptors (Lipinski definition) is 3. The lowest BCUT2D eigenvalue weighted by Crippen LogP contribution is -2.41.